The molecule has 1 rings (SSSR count). The lowest BCUT2D eigenvalue weighted by Crippen LogP contribution is -2.46. The fourth-order valence-electron chi connectivity index (χ4n) is 1.75. The SMILES string of the molecule is C=CC1CCCC(O)(C(Cl)(Cl)Cl)C1. The maximum absolute atomic E-state index is 10.1. The molecule has 0 saturated heterocycles. The fraction of sp³-hybridized carbons (Fsp3) is 0.778. The monoisotopic (exact) mass is 242 g/mol. The maximum atomic E-state index is 10.1. The van der Waals surface area contributed by atoms with E-state index >= 15 is 0 Å². The van der Waals surface area contributed by atoms with Crippen LogP contribution in [0.1, 0.15) is 25.7 Å². The van der Waals surface area contributed by atoms with E-state index in [0.29, 0.717) is 12.8 Å². The summed E-state index contributed by atoms with van der Waals surface area (Å²) in [6, 6.07) is 0. The molecule has 0 spiro atoms. The van der Waals surface area contributed by atoms with Crippen LogP contribution >= 0.6 is 34.8 Å². The van der Waals surface area contributed by atoms with E-state index in [2.05, 4.69) is 6.58 Å². The Balaban J connectivity index is 2.73. The third kappa shape index (κ3) is 2.53. The van der Waals surface area contributed by atoms with Crippen molar-refractivity contribution in [2.75, 3.05) is 0 Å². The minimum absolute atomic E-state index is 0.259. The molecule has 1 aliphatic rings. The summed E-state index contributed by atoms with van der Waals surface area (Å²) in [7, 11) is 0. The molecule has 0 aliphatic heterocycles. The first-order valence-electron chi connectivity index (χ1n) is 4.31. The molecule has 1 aliphatic carbocycles. The Kier molecular flexibility index (Phi) is 3.56. The summed E-state index contributed by atoms with van der Waals surface area (Å²) < 4.78 is -1.59. The molecule has 1 fully saturated rings. The van der Waals surface area contributed by atoms with Crippen molar-refractivity contribution >= 4 is 34.8 Å². The number of hydrogen-bond acceptors (Lipinski definition) is 1. The number of halogens is 3. The van der Waals surface area contributed by atoms with Crippen LogP contribution in [-0.2, 0) is 0 Å². The molecular formula is C9H13Cl3O. The van der Waals surface area contributed by atoms with Gasteiger partial charge in [-0.3, -0.25) is 0 Å². The Morgan fingerprint density at radius 2 is 2.08 bits per heavy atom. The summed E-state index contributed by atoms with van der Waals surface area (Å²) in [4.78, 5) is 0. The summed E-state index contributed by atoms with van der Waals surface area (Å²) in [5, 5.41) is 10.1. The Labute approximate surface area is 93.7 Å². The first-order chi connectivity index (χ1) is 5.89. The second-order valence-electron chi connectivity index (χ2n) is 3.62. The number of aliphatic hydroxyl groups is 1. The van der Waals surface area contributed by atoms with Gasteiger partial charge in [-0.15, -0.1) is 6.58 Å². The normalized spacial score (nSPS) is 35.8. The highest BCUT2D eigenvalue weighted by Crippen LogP contribution is 2.48. The van der Waals surface area contributed by atoms with Crippen LogP contribution in [0.4, 0.5) is 0 Å². The zero-order chi connectivity index (χ0) is 10.1. The molecule has 0 aromatic heterocycles. The van der Waals surface area contributed by atoms with Crippen molar-refractivity contribution in [3.8, 4) is 0 Å². The summed E-state index contributed by atoms with van der Waals surface area (Å²) >= 11 is 17.2. The van der Waals surface area contributed by atoms with Gasteiger partial charge in [0.1, 0.15) is 5.60 Å². The van der Waals surface area contributed by atoms with Gasteiger partial charge in [0.25, 0.3) is 0 Å². The van der Waals surface area contributed by atoms with Crippen LogP contribution in [0, 0.1) is 5.92 Å². The highest BCUT2D eigenvalue weighted by atomic mass is 35.6. The predicted octanol–water partition coefficient (Wildman–Crippen LogP) is 3.46. The van der Waals surface area contributed by atoms with E-state index in [9.17, 15) is 5.11 Å². The predicted molar refractivity (Wildman–Crippen MR) is 57.4 cm³/mol. The molecule has 1 N–H and O–H groups in total. The van der Waals surface area contributed by atoms with Crippen molar-refractivity contribution in [1.82, 2.24) is 0 Å². The minimum atomic E-state index is -1.59. The van der Waals surface area contributed by atoms with Crippen molar-refractivity contribution < 1.29 is 5.11 Å². The van der Waals surface area contributed by atoms with Crippen LogP contribution in [0.25, 0.3) is 0 Å². The molecule has 1 nitrogen and oxygen atoms in total. The second kappa shape index (κ2) is 3.98. The van der Waals surface area contributed by atoms with Crippen LogP contribution in [-0.4, -0.2) is 14.5 Å². The topological polar surface area (TPSA) is 20.2 Å². The average molecular weight is 244 g/mol. The standard InChI is InChI=1S/C9H13Cl3O/c1-2-7-4-3-5-8(13,6-7)9(10,11)12/h2,7,13H,1,3-6H2. The molecular weight excluding hydrogens is 230 g/mol. The molecule has 0 aromatic carbocycles. The molecule has 0 bridgehead atoms. The van der Waals surface area contributed by atoms with Crippen molar-refractivity contribution in [3.05, 3.63) is 12.7 Å². The lowest BCUT2D eigenvalue weighted by Gasteiger charge is -2.40. The van der Waals surface area contributed by atoms with E-state index in [4.69, 9.17) is 34.8 Å². The molecule has 4 heteroatoms. The number of alkyl halides is 3. The largest absolute Gasteiger partial charge is 0.385 e. The van der Waals surface area contributed by atoms with Crippen molar-refractivity contribution in [3.63, 3.8) is 0 Å². The fourth-order valence-corrected chi connectivity index (χ4v) is 2.27. The molecule has 0 amide bonds. The zero-order valence-electron chi connectivity index (χ0n) is 7.27. The number of hydrogen-bond donors (Lipinski definition) is 1. The Bertz CT molecular complexity index is 200. The molecule has 0 radical (unpaired) electrons. The van der Waals surface area contributed by atoms with E-state index in [-0.39, 0.29) is 5.92 Å². The van der Waals surface area contributed by atoms with Crippen molar-refractivity contribution in [1.29, 1.82) is 0 Å². The van der Waals surface area contributed by atoms with Crippen LogP contribution in [0.15, 0.2) is 12.7 Å². The second-order valence-corrected chi connectivity index (χ2v) is 5.90. The minimum Gasteiger partial charge on any atom is -0.385 e. The Hall–Kier alpha value is 0.570. The quantitative estimate of drug-likeness (QED) is 0.552. The summed E-state index contributed by atoms with van der Waals surface area (Å²) in [6.07, 6.45) is 4.76. The highest BCUT2D eigenvalue weighted by Gasteiger charge is 2.48. The Morgan fingerprint density at radius 3 is 2.54 bits per heavy atom. The third-order valence-corrected chi connectivity index (χ3v) is 3.68. The van der Waals surface area contributed by atoms with Gasteiger partial charge in [0.15, 0.2) is 0 Å². The van der Waals surface area contributed by atoms with E-state index in [0.717, 1.165) is 12.8 Å². The van der Waals surface area contributed by atoms with Gasteiger partial charge < -0.3 is 5.11 Å². The molecule has 13 heavy (non-hydrogen) atoms. The molecule has 1 saturated carbocycles. The summed E-state index contributed by atoms with van der Waals surface area (Å²) in [5.41, 5.74) is -1.19. The van der Waals surface area contributed by atoms with Gasteiger partial charge in [0.2, 0.25) is 3.79 Å². The van der Waals surface area contributed by atoms with Crippen LogP contribution in [0.2, 0.25) is 0 Å². The molecule has 0 aromatic rings. The van der Waals surface area contributed by atoms with Gasteiger partial charge in [-0.25, -0.2) is 0 Å². The van der Waals surface area contributed by atoms with E-state index in [1.54, 1.807) is 0 Å². The van der Waals surface area contributed by atoms with Gasteiger partial charge in [-0.1, -0.05) is 40.9 Å². The van der Waals surface area contributed by atoms with Gasteiger partial charge in [-0.05, 0) is 31.6 Å². The van der Waals surface area contributed by atoms with Crippen LogP contribution in [0.5, 0.6) is 0 Å². The van der Waals surface area contributed by atoms with E-state index in [1.807, 2.05) is 6.08 Å². The average Bonchev–Trinajstić information content (AvgIpc) is 2.02. The number of allylic oxidation sites excluding steroid dienone is 1. The van der Waals surface area contributed by atoms with Gasteiger partial charge in [0.05, 0.1) is 0 Å². The lowest BCUT2D eigenvalue weighted by atomic mass is 9.79. The molecule has 2 atom stereocenters. The van der Waals surface area contributed by atoms with Crippen LogP contribution < -0.4 is 0 Å². The first-order valence-corrected chi connectivity index (χ1v) is 5.44. The first kappa shape index (κ1) is 11.6. The van der Waals surface area contributed by atoms with Gasteiger partial charge in [-0.2, -0.15) is 0 Å². The van der Waals surface area contributed by atoms with Crippen molar-refractivity contribution in [2.45, 2.75) is 35.1 Å². The van der Waals surface area contributed by atoms with E-state index in [1.165, 1.54) is 0 Å². The van der Waals surface area contributed by atoms with Gasteiger partial charge >= 0.3 is 0 Å². The highest BCUT2D eigenvalue weighted by molar-refractivity contribution is 6.68. The van der Waals surface area contributed by atoms with Crippen molar-refractivity contribution in [2.24, 2.45) is 5.92 Å². The van der Waals surface area contributed by atoms with E-state index < -0.39 is 9.39 Å². The molecule has 0 heterocycles. The molecule has 76 valence electrons. The smallest absolute Gasteiger partial charge is 0.218 e. The zero-order valence-corrected chi connectivity index (χ0v) is 9.54. The van der Waals surface area contributed by atoms with Gasteiger partial charge in [0, 0.05) is 0 Å². The summed E-state index contributed by atoms with van der Waals surface area (Å²) in [6.45, 7) is 3.69. The maximum Gasteiger partial charge on any atom is 0.218 e. The Morgan fingerprint density at radius 1 is 1.46 bits per heavy atom. The summed E-state index contributed by atoms with van der Waals surface area (Å²) in [5.74, 6) is 0.259. The lowest BCUT2D eigenvalue weighted by molar-refractivity contribution is -0.00474. The van der Waals surface area contributed by atoms with Crippen LogP contribution in [0.3, 0.4) is 0 Å². The third-order valence-electron chi connectivity index (χ3n) is 2.63. The number of rotatable bonds is 1. The molecule has 2 unspecified atom stereocenters.